The molecule has 0 aliphatic heterocycles. The highest BCUT2D eigenvalue weighted by atomic mass is 16.5. The van der Waals surface area contributed by atoms with Crippen LogP contribution in [0.2, 0.25) is 0 Å². The molecule has 0 aliphatic rings. The van der Waals surface area contributed by atoms with Gasteiger partial charge in [-0.3, -0.25) is 14.4 Å². The first-order chi connectivity index (χ1) is 14.4. The van der Waals surface area contributed by atoms with E-state index in [1.165, 1.54) is 6.26 Å². The molecular formula is C22H21N3O5. The maximum absolute atomic E-state index is 12.4. The first-order valence-corrected chi connectivity index (χ1v) is 9.21. The Morgan fingerprint density at radius 2 is 1.57 bits per heavy atom. The average molecular weight is 407 g/mol. The lowest BCUT2D eigenvalue weighted by molar-refractivity contribution is -0.122. The third kappa shape index (κ3) is 5.48. The summed E-state index contributed by atoms with van der Waals surface area (Å²) >= 11 is 0. The Morgan fingerprint density at radius 3 is 2.10 bits per heavy atom. The highest BCUT2D eigenvalue weighted by Crippen LogP contribution is 2.22. The molecule has 2 aromatic carbocycles. The van der Waals surface area contributed by atoms with Crippen LogP contribution in [0, 0.1) is 0 Å². The van der Waals surface area contributed by atoms with Crippen molar-refractivity contribution in [2.45, 2.75) is 19.5 Å². The third-order valence-electron chi connectivity index (χ3n) is 4.25. The fourth-order valence-electron chi connectivity index (χ4n) is 2.58. The largest absolute Gasteiger partial charge is 0.467 e. The number of amides is 3. The lowest BCUT2D eigenvalue weighted by atomic mass is 10.2. The van der Waals surface area contributed by atoms with E-state index in [0.717, 1.165) is 0 Å². The summed E-state index contributed by atoms with van der Waals surface area (Å²) in [6.45, 7) is 1.85. The van der Waals surface area contributed by atoms with Gasteiger partial charge in [-0.1, -0.05) is 0 Å². The Labute approximate surface area is 173 Å². The monoisotopic (exact) mass is 407 g/mol. The van der Waals surface area contributed by atoms with Crippen molar-refractivity contribution < 1.29 is 23.5 Å². The van der Waals surface area contributed by atoms with Gasteiger partial charge in [0.25, 0.3) is 5.91 Å². The minimum Gasteiger partial charge on any atom is -0.467 e. The van der Waals surface area contributed by atoms with E-state index in [1.807, 2.05) is 0 Å². The minimum atomic E-state index is -0.716. The quantitative estimate of drug-likeness (QED) is 0.530. The van der Waals surface area contributed by atoms with Crippen LogP contribution >= 0.6 is 0 Å². The molecule has 1 atom stereocenters. The number of nitrogens with one attached hydrogen (secondary N) is 2. The second kappa shape index (κ2) is 9.42. The molecule has 3 aromatic rings. The van der Waals surface area contributed by atoms with Crippen molar-refractivity contribution >= 4 is 17.7 Å². The summed E-state index contributed by atoms with van der Waals surface area (Å²) in [6.07, 6.45) is 1.52. The molecular weight excluding hydrogens is 386 g/mol. The summed E-state index contributed by atoms with van der Waals surface area (Å²) in [6, 6.07) is 15.6. The summed E-state index contributed by atoms with van der Waals surface area (Å²) in [5, 5.41) is 5.34. The van der Waals surface area contributed by atoms with Crippen molar-refractivity contribution in [2.75, 3.05) is 0 Å². The van der Waals surface area contributed by atoms with E-state index in [2.05, 4.69) is 10.6 Å². The first kappa shape index (κ1) is 20.7. The van der Waals surface area contributed by atoms with Crippen LogP contribution < -0.4 is 21.1 Å². The number of hydrogen-bond acceptors (Lipinski definition) is 5. The molecule has 0 saturated carbocycles. The molecule has 3 amide bonds. The van der Waals surface area contributed by atoms with Crippen LogP contribution in [-0.2, 0) is 11.3 Å². The summed E-state index contributed by atoms with van der Waals surface area (Å²) in [5.74, 6) is 0.455. The van der Waals surface area contributed by atoms with E-state index in [4.69, 9.17) is 14.9 Å². The van der Waals surface area contributed by atoms with Gasteiger partial charge in [0.05, 0.1) is 12.8 Å². The average Bonchev–Trinajstić information content (AvgIpc) is 3.26. The van der Waals surface area contributed by atoms with Gasteiger partial charge in [0.1, 0.15) is 23.3 Å². The van der Waals surface area contributed by atoms with Gasteiger partial charge in [-0.25, -0.2) is 0 Å². The number of ether oxygens (including phenoxy) is 1. The van der Waals surface area contributed by atoms with E-state index in [-0.39, 0.29) is 18.4 Å². The molecule has 0 saturated heterocycles. The standard InChI is InChI=1S/C22H21N3O5/c1-14(21(27)24-13-19-3-2-12-29-19)25-22(28)16-6-10-18(11-7-16)30-17-8-4-15(5-9-17)20(23)26/h2-12,14H,13H2,1H3,(H2,23,26)(H,24,27)(H,25,28). The number of carbonyl (C=O) groups is 3. The zero-order valence-electron chi connectivity index (χ0n) is 16.3. The molecule has 1 aromatic heterocycles. The SMILES string of the molecule is CC(NC(=O)c1ccc(Oc2ccc(C(N)=O)cc2)cc1)C(=O)NCc1ccco1. The van der Waals surface area contributed by atoms with E-state index in [9.17, 15) is 14.4 Å². The topological polar surface area (TPSA) is 124 Å². The zero-order chi connectivity index (χ0) is 21.5. The molecule has 0 spiro atoms. The Balaban J connectivity index is 1.52. The highest BCUT2D eigenvalue weighted by Gasteiger charge is 2.16. The summed E-state index contributed by atoms with van der Waals surface area (Å²) in [5.41, 5.74) is 5.98. The smallest absolute Gasteiger partial charge is 0.251 e. The minimum absolute atomic E-state index is 0.249. The maximum atomic E-state index is 12.4. The predicted octanol–water partition coefficient (Wildman–Crippen LogP) is 2.61. The van der Waals surface area contributed by atoms with Crippen LogP contribution in [0.5, 0.6) is 11.5 Å². The summed E-state index contributed by atoms with van der Waals surface area (Å²) < 4.78 is 10.8. The molecule has 8 nitrogen and oxygen atoms in total. The molecule has 30 heavy (non-hydrogen) atoms. The van der Waals surface area contributed by atoms with Gasteiger partial charge in [-0.15, -0.1) is 0 Å². The van der Waals surface area contributed by atoms with Crippen LogP contribution in [0.1, 0.15) is 33.4 Å². The van der Waals surface area contributed by atoms with Crippen LogP contribution in [0.25, 0.3) is 0 Å². The second-order valence-electron chi connectivity index (χ2n) is 6.51. The van der Waals surface area contributed by atoms with Gasteiger partial charge in [0.15, 0.2) is 0 Å². The molecule has 0 bridgehead atoms. The van der Waals surface area contributed by atoms with Gasteiger partial charge < -0.3 is 25.5 Å². The van der Waals surface area contributed by atoms with Crippen LogP contribution in [-0.4, -0.2) is 23.8 Å². The number of benzene rings is 2. The maximum Gasteiger partial charge on any atom is 0.251 e. The van der Waals surface area contributed by atoms with Crippen LogP contribution in [0.3, 0.4) is 0 Å². The van der Waals surface area contributed by atoms with Gasteiger partial charge >= 0.3 is 0 Å². The number of furan rings is 1. The number of nitrogens with two attached hydrogens (primary N) is 1. The lowest BCUT2D eigenvalue weighted by Gasteiger charge is -2.14. The fourth-order valence-corrected chi connectivity index (χ4v) is 2.58. The van der Waals surface area contributed by atoms with Crippen LogP contribution in [0.4, 0.5) is 0 Å². The second-order valence-corrected chi connectivity index (χ2v) is 6.51. The number of rotatable bonds is 8. The van der Waals surface area contributed by atoms with Gasteiger partial charge in [-0.2, -0.15) is 0 Å². The Hall–Kier alpha value is -4.07. The number of primary amides is 1. The Morgan fingerprint density at radius 1 is 0.967 bits per heavy atom. The molecule has 0 aliphatic carbocycles. The van der Waals surface area contributed by atoms with Gasteiger partial charge in [-0.05, 0) is 67.6 Å². The highest BCUT2D eigenvalue weighted by molar-refractivity contribution is 5.97. The zero-order valence-corrected chi connectivity index (χ0v) is 16.3. The van der Waals surface area contributed by atoms with Crippen molar-refractivity contribution in [1.29, 1.82) is 0 Å². The Kier molecular flexibility index (Phi) is 6.49. The van der Waals surface area contributed by atoms with Gasteiger partial charge in [0, 0.05) is 11.1 Å². The van der Waals surface area contributed by atoms with E-state index in [0.29, 0.717) is 28.4 Å². The molecule has 4 N–H and O–H groups in total. The fraction of sp³-hybridized carbons (Fsp3) is 0.136. The molecule has 8 heteroatoms. The first-order valence-electron chi connectivity index (χ1n) is 9.21. The Bertz CT molecular complexity index is 1010. The predicted molar refractivity (Wildman–Crippen MR) is 109 cm³/mol. The van der Waals surface area contributed by atoms with E-state index in [1.54, 1.807) is 67.6 Å². The molecule has 0 radical (unpaired) electrons. The molecule has 154 valence electrons. The van der Waals surface area contributed by atoms with Gasteiger partial charge in [0.2, 0.25) is 11.8 Å². The third-order valence-corrected chi connectivity index (χ3v) is 4.25. The normalized spacial score (nSPS) is 11.4. The number of hydrogen-bond donors (Lipinski definition) is 3. The van der Waals surface area contributed by atoms with Crippen LogP contribution in [0.15, 0.2) is 71.3 Å². The molecule has 1 unspecified atom stereocenters. The van der Waals surface area contributed by atoms with Crippen molar-refractivity contribution in [3.8, 4) is 11.5 Å². The molecule has 3 rings (SSSR count). The summed E-state index contributed by atoms with van der Waals surface area (Å²) in [7, 11) is 0. The lowest BCUT2D eigenvalue weighted by Crippen LogP contribution is -2.44. The van der Waals surface area contributed by atoms with Crippen molar-refractivity contribution in [3.05, 3.63) is 83.8 Å². The van der Waals surface area contributed by atoms with Crippen molar-refractivity contribution in [1.82, 2.24) is 10.6 Å². The number of carbonyl (C=O) groups excluding carboxylic acids is 3. The van der Waals surface area contributed by atoms with Crippen molar-refractivity contribution in [2.24, 2.45) is 5.73 Å². The van der Waals surface area contributed by atoms with Crippen molar-refractivity contribution in [3.63, 3.8) is 0 Å². The van der Waals surface area contributed by atoms with E-state index < -0.39 is 11.9 Å². The molecule has 1 heterocycles. The summed E-state index contributed by atoms with van der Waals surface area (Å²) in [4.78, 5) is 35.6. The van der Waals surface area contributed by atoms with E-state index >= 15 is 0 Å². The molecule has 0 fully saturated rings.